The van der Waals surface area contributed by atoms with E-state index in [1.807, 2.05) is 18.2 Å². The molecule has 0 radical (unpaired) electrons. The number of nitrogens with one attached hydrogen (secondary N) is 2. The molecule has 0 saturated carbocycles. The number of benzene rings is 1. The highest BCUT2D eigenvalue weighted by Crippen LogP contribution is 2.34. The fourth-order valence-corrected chi connectivity index (χ4v) is 4.97. The Bertz CT molecular complexity index is 1450. The molecular weight excluding hydrogens is 494 g/mol. The van der Waals surface area contributed by atoms with Crippen LogP contribution in [0.5, 0.6) is 5.88 Å². The minimum absolute atomic E-state index is 0.0798. The van der Waals surface area contributed by atoms with Gasteiger partial charge in [-0.1, -0.05) is 0 Å². The lowest BCUT2D eigenvalue weighted by atomic mass is 10.0. The Kier molecular flexibility index (Phi) is 7.51. The van der Waals surface area contributed by atoms with Crippen LogP contribution in [0.3, 0.4) is 0 Å². The maximum Gasteiger partial charge on any atom is 0.227 e. The number of hydrogen-bond donors (Lipinski definition) is 3. The molecule has 4 aromatic rings. The molecule has 37 heavy (non-hydrogen) atoms. The van der Waals surface area contributed by atoms with E-state index in [-0.39, 0.29) is 6.54 Å². The van der Waals surface area contributed by atoms with Gasteiger partial charge in [-0.3, -0.25) is 14.9 Å². The molecule has 0 amide bonds. The van der Waals surface area contributed by atoms with Crippen LogP contribution in [-0.2, 0) is 24.0 Å². The van der Waals surface area contributed by atoms with Crippen molar-refractivity contribution in [2.24, 2.45) is 0 Å². The molecule has 11 nitrogen and oxygen atoms in total. The van der Waals surface area contributed by atoms with E-state index in [0.29, 0.717) is 29.9 Å². The molecule has 196 valence electrons. The van der Waals surface area contributed by atoms with Gasteiger partial charge in [0.05, 0.1) is 31.6 Å². The average Bonchev–Trinajstić information content (AvgIpc) is 3.56. The zero-order valence-electron chi connectivity index (χ0n) is 21.1. The van der Waals surface area contributed by atoms with Crippen LogP contribution >= 0.6 is 0 Å². The zero-order valence-corrected chi connectivity index (χ0v) is 22.0. The van der Waals surface area contributed by atoms with Gasteiger partial charge in [0, 0.05) is 67.0 Å². The van der Waals surface area contributed by atoms with E-state index in [1.54, 1.807) is 18.6 Å². The summed E-state index contributed by atoms with van der Waals surface area (Å²) < 4.78 is 36.0. The largest absolute Gasteiger partial charge is 0.481 e. The van der Waals surface area contributed by atoms with E-state index in [0.717, 1.165) is 59.5 Å². The van der Waals surface area contributed by atoms with Crippen molar-refractivity contribution in [2.45, 2.75) is 33.0 Å². The topological polar surface area (TPSA) is 129 Å². The van der Waals surface area contributed by atoms with Crippen LogP contribution < -0.4 is 9.46 Å². The first-order valence-electron chi connectivity index (χ1n) is 12.2. The van der Waals surface area contributed by atoms with Crippen LogP contribution in [0.1, 0.15) is 25.2 Å². The number of piperazine rings is 1. The SMILES string of the molecule is COc1ncc(-c2cc(-c3ncc(CN4CCN(C(C)C)CC4)o3)c3cn[nH]c3c2)cc1CN[SH](=O)=O. The maximum absolute atomic E-state index is 11.0. The highest BCUT2D eigenvalue weighted by Gasteiger charge is 2.21. The molecular formula is C25H31N7O4S. The Labute approximate surface area is 216 Å². The van der Waals surface area contributed by atoms with Crippen LogP contribution in [0.25, 0.3) is 33.5 Å². The smallest absolute Gasteiger partial charge is 0.227 e. The summed E-state index contributed by atoms with van der Waals surface area (Å²) in [5.41, 5.74) is 3.93. The highest BCUT2D eigenvalue weighted by atomic mass is 32.2. The van der Waals surface area contributed by atoms with Crippen molar-refractivity contribution < 1.29 is 17.6 Å². The second-order valence-electron chi connectivity index (χ2n) is 9.38. The minimum atomic E-state index is -2.74. The van der Waals surface area contributed by atoms with Crippen molar-refractivity contribution >= 4 is 21.8 Å². The summed E-state index contributed by atoms with van der Waals surface area (Å²) in [4.78, 5) is 13.8. The van der Waals surface area contributed by atoms with Crippen LogP contribution in [0.4, 0.5) is 0 Å². The quantitative estimate of drug-likeness (QED) is 0.282. The average molecular weight is 526 g/mol. The number of oxazole rings is 1. The summed E-state index contributed by atoms with van der Waals surface area (Å²) in [6.07, 6.45) is 5.25. The van der Waals surface area contributed by atoms with Crippen LogP contribution in [0.15, 0.2) is 41.2 Å². The van der Waals surface area contributed by atoms with Gasteiger partial charge in [-0.2, -0.15) is 5.10 Å². The molecule has 0 aliphatic carbocycles. The molecule has 0 bridgehead atoms. The molecule has 1 aliphatic heterocycles. The highest BCUT2D eigenvalue weighted by molar-refractivity contribution is 7.70. The second-order valence-corrected chi connectivity index (χ2v) is 10.2. The monoisotopic (exact) mass is 525 g/mol. The number of nitrogens with zero attached hydrogens (tertiary/aromatic N) is 5. The number of aromatic nitrogens is 4. The number of ether oxygens (including phenoxy) is 1. The third kappa shape index (κ3) is 5.67. The number of H-pyrrole nitrogens is 1. The van der Waals surface area contributed by atoms with E-state index >= 15 is 0 Å². The predicted octanol–water partition coefficient (Wildman–Crippen LogP) is 2.43. The van der Waals surface area contributed by atoms with E-state index in [9.17, 15) is 8.42 Å². The molecule has 1 fully saturated rings. The van der Waals surface area contributed by atoms with Crippen LogP contribution in [0, 0.1) is 0 Å². The van der Waals surface area contributed by atoms with Crippen molar-refractivity contribution in [2.75, 3.05) is 33.3 Å². The van der Waals surface area contributed by atoms with Gasteiger partial charge in [0.25, 0.3) is 0 Å². The summed E-state index contributed by atoms with van der Waals surface area (Å²) in [7, 11) is -1.24. The fourth-order valence-electron chi connectivity index (χ4n) is 4.67. The predicted molar refractivity (Wildman–Crippen MR) is 141 cm³/mol. The molecule has 0 atom stereocenters. The number of fused-ring (bicyclic) bond motifs is 1. The third-order valence-electron chi connectivity index (χ3n) is 6.71. The molecule has 2 N–H and O–H groups in total. The summed E-state index contributed by atoms with van der Waals surface area (Å²) in [5.74, 6) is 1.71. The Morgan fingerprint density at radius 1 is 1.08 bits per heavy atom. The van der Waals surface area contributed by atoms with Gasteiger partial charge in [-0.25, -0.2) is 23.1 Å². The Morgan fingerprint density at radius 2 is 1.89 bits per heavy atom. The molecule has 0 spiro atoms. The normalized spacial score (nSPS) is 15.3. The van der Waals surface area contributed by atoms with Gasteiger partial charge < -0.3 is 9.15 Å². The Balaban J connectivity index is 1.42. The van der Waals surface area contributed by atoms with Crippen molar-refractivity contribution in [3.63, 3.8) is 0 Å². The summed E-state index contributed by atoms with van der Waals surface area (Å²) in [6.45, 7) is 9.36. The van der Waals surface area contributed by atoms with Crippen LogP contribution in [-0.4, -0.2) is 77.7 Å². The van der Waals surface area contributed by atoms with E-state index < -0.39 is 10.9 Å². The second kappa shape index (κ2) is 11.0. The van der Waals surface area contributed by atoms with Crippen molar-refractivity contribution in [1.29, 1.82) is 0 Å². The lowest BCUT2D eigenvalue weighted by Gasteiger charge is -2.36. The van der Waals surface area contributed by atoms with E-state index in [4.69, 9.17) is 9.15 Å². The lowest BCUT2D eigenvalue weighted by Crippen LogP contribution is -2.48. The number of hydrogen-bond acceptors (Lipinski definition) is 9. The number of thiol groups is 1. The van der Waals surface area contributed by atoms with E-state index in [1.165, 1.54) is 7.11 Å². The van der Waals surface area contributed by atoms with Crippen molar-refractivity contribution in [1.82, 2.24) is 34.7 Å². The molecule has 5 rings (SSSR count). The van der Waals surface area contributed by atoms with Crippen LogP contribution in [0.2, 0.25) is 0 Å². The lowest BCUT2D eigenvalue weighted by molar-refractivity contribution is 0.0992. The number of pyridine rings is 1. The van der Waals surface area contributed by atoms with Gasteiger partial charge in [0.2, 0.25) is 22.7 Å². The molecule has 1 aromatic carbocycles. The zero-order chi connectivity index (χ0) is 25.9. The minimum Gasteiger partial charge on any atom is -0.481 e. The number of rotatable bonds is 9. The Morgan fingerprint density at radius 3 is 2.62 bits per heavy atom. The number of methoxy groups -OCH3 is 1. The maximum atomic E-state index is 11.0. The molecule has 12 heteroatoms. The number of aromatic amines is 1. The van der Waals surface area contributed by atoms with Gasteiger partial charge in [-0.05, 0) is 37.6 Å². The first-order chi connectivity index (χ1) is 17.9. The summed E-state index contributed by atoms with van der Waals surface area (Å²) in [6, 6.07) is 6.38. The van der Waals surface area contributed by atoms with Gasteiger partial charge >= 0.3 is 0 Å². The van der Waals surface area contributed by atoms with Gasteiger partial charge in [-0.15, -0.1) is 0 Å². The molecule has 4 heterocycles. The molecule has 1 saturated heterocycles. The van der Waals surface area contributed by atoms with Crippen molar-refractivity contribution in [3.8, 4) is 28.5 Å². The van der Waals surface area contributed by atoms with Gasteiger partial charge in [0.1, 0.15) is 5.76 Å². The standard InChI is InChI=1S/C25H31N7O4S/c1-16(2)32-6-4-31(5-7-32)15-20-13-27-25(36-20)21-9-17(10-23-22(21)14-28-30-23)18-8-19(12-29-37(33)34)24(35-3)26-11-18/h8-11,13-14,16,37H,4-7,12,15H2,1-3H3,(H,28,30)(H,29,33,34). The first kappa shape index (κ1) is 25.3. The first-order valence-corrected chi connectivity index (χ1v) is 13.4. The van der Waals surface area contributed by atoms with E-state index in [2.05, 4.69) is 48.5 Å². The molecule has 1 aliphatic rings. The third-order valence-corrected chi connectivity index (χ3v) is 7.13. The summed E-state index contributed by atoms with van der Waals surface area (Å²) in [5, 5.41) is 8.15. The molecule has 0 unspecified atom stereocenters. The van der Waals surface area contributed by atoms with Gasteiger partial charge in [0.15, 0.2) is 0 Å². The Hall–Kier alpha value is -3.32. The fraction of sp³-hybridized carbons (Fsp3) is 0.400. The van der Waals surface area contributed by atoms with Crippen molar-refractivity contribution in [3.05, 3.63) is 48.1 Å². The molecule has 3 aromatic heterocycles. The summed E-state index contributed by atoms with van der Waals surface area (Å²) >= 11 is 0.